The Morgan fingerprint density at radius 1 is 1.23 bits per heavy atom. The topological polar surface area (TPSA) is 93.8 Å². The maximum atomic E-state index is 12.7. The van der Waals surface area contributed by atoms with E-state index in [2.05, 4.69) is 20.9 Å². The molecule has 164 valence electrons. The van der Waals surface area contributed by atoms with Crippen LogP contribution in [0.2, 0.25) is 0 Å². The van der Waals surface area contributed by atoms with Crippen LogP contribution in [0.1, 0.15) is 43.5 Å². The van der Waals surface area contributed by atoms with Crippen LogP contribution >= 0.6 is 0 Å². The second-order valence-electron chi connectivity index (χ2n) is 8.72. The lowest BCUT2D eigenvalue weighted by atomic mass is 10.0. The fourth-order valence-corrected chi connectivity index (χ4v) is 4.22. The van der Waals surface area contributed by atoms with Crippen molar-refractivity contribution in [2.75, 3.05) is 32.1 Å². The van der Waals surface area contributed by atoms with Gasteiger partial charge in [0.05, 0.1) is 6.04 Å². The Hall–Kier alpha value is -2.61. The van der Waals surface area contributed by atoms with Gasteiger partial charge in [-0.2, -0.15) is 0 Å². The van der Waals surface area contributed by atoms with Crippen molar-refractivity contribution in [2.24, 2.45) is 0 Å². The number of anilines is 1. The van der Waals surface area contributed by atoms with Gasteiger partial charge in [0.15, 0.2) is 0 Å². The number of fused-ring (bicyclic) bond motifs is 1. The molecule has 0 spiro atoms. The maximum absolute atomic E-state index is 12.7. The summed E-state index contributed by atoms with van der Waals surface area (Å²) in [4.78, 5) is 41.2. The van der Waals surface area contributed by atoms with Crippen molar-refractivity contribution in [1.82, 2.24) is 20.9 Å². The van der Waals surface area contributed by atoms with Crippen LogP contribution in [0.4, 0.5) is 5.69 Å². The second kappa shape index (κ2) is 9.47. The molecular weight excluding hydrogens is 382 g/mol. The van der Waals surface area contributed by atoms with Gasteiger partial charge >= 0.3 is 0 Å². The third kappa shape index (κ3) is 5.30. The number of hydrogen-bond donors (Lipinski definition) is 3. The zero-order valence-electron chi connectivity index (χ0n) is 18.3. The highest BCUT2D eigenvalue weighted by Gasteiger charge is 2.43. The fourth-order valence-electron chi connectivity index (χ4n) is 4.22. The highest BCUT2D eigenvalue weighted by atomic mass is 16.2. The van der Waals surface area contributed by atoms with E-state index in [1.807, 2.05) is 57.1 Å². The summed E-state index contributed by atoms with van der Waals surface area (Å²) in [5.74, 6) is -0.0907. The summed E-state index contributed by atoms with van der Waals surface area (Å²) >= 11 is 0. The van der Waals surface area contributed by atoms with E-state index in [0.717, 1.165) is 5.69 Å². The average Bonchev–Trinajstić information content (AvgIpc) is 3.11. The van der Waals surface area contributed by atoms with Crippen LogP contribution < -0.4 is 20.9 Å². The zero-order valence-corrected chi connectivity index (χ0v) is 18.3. The van der Waals surface area contributed by atoms with E-state index in [-0.39, 0.29) is 41.9 Å². The Morgan fingerprint density at radius 3 is 2.57 bits per heavy atom. The molecule has 0 saturated carbocycles. The molecule has 8 heteroatoms. The summed E-state index contributed by atoms with van der Waals surface area (Å²) in [6.45, 7) is 5.04. The predicted molar refractivity (Wildman–Crippen MR) is 116 cm³/mol. The molecule has 2 saturated heterocycles. The number of rotatable bonds is 7. The third-order valence-electron chi connectivity index (χ3n) is 5.76. The molecule has 0 aromatic heterocycles. The summed E-state index contributed by atoms with van der Waals surface area (Å²) in [6, 6.07) is 7.34. The Bertz CT molecular complexity index is 777. The van der Waals surface area contributed by atoms with Crippen molar-refractivity contribution < 1.29 is 14.4 Å². The minimum atomic E-state index is -0.252. The molecule has 2 aliphatic rings. The molecule has 8 nitrogen and oxygen atoms in total. The van der Waals surface area contributed by atoms with Gasteiger partial charge in [0.2, 0.25) is 11.8 Å². The highest BCUT2D eigenvalue weighted by molar-refractivity contribution is 5.95. The molecule has 30 heavy (non-hydrogen) atoms. The molecule has 3 rings (SSSR count). The Labute approximate surface area is 178 Å². The molecule has 0 bridgehead atoms. The van der Waals surface area contributed by atoms with Crippen molar-refractivity contribution in [3.8, 4) is 0 Å². The van der Waals surface area contributed by atoms with Gasteiger partial charge in [-0.25, -0.2) is 0 Å². The quantitative estimate of drug-likeness (QED) is 0.610. The smallest absolute Gasteiger partial charge is 0.251 e. The lowest BCUT2D eigenvalue weighted by Crippen LogP contribution is -2.58. The summed E-state index contributed by atoms with van der Waals surface area (Å²) in [7, 11) is 3.91. The third-order valence-corrected chi connectivity index (χ3v) is 5.76. The molecule has 1 aromatic rings. The molecule has 1 aromatic carbocycles. The largest absolute Gasteiger partial charge is 0.378 e. The monoisotopic (exact) mass is 415 g/mol. The van der Waals surface area contributed by atoms with Crippen LogP contribution in [0.25, 0.3) is 0 Å². The predicted octanol–water partition coefficient (Wildman–Crippen LogP) is 0.729. The summed E-state index contributed by atoms with van der Waals surface area (Å²) < 4.78 is 0. The molecule has 2 fully saturated rings. The van der Waals surface area contributed by atoms with Crippen molar-refractivity contribution in [3.05, 3.63) is 29.8 Å². The molecule has 0 unspecified atom stereocenters. The molecular formula is C22H33N5O3. The van der Waals surface area contributed by atoms with Crippen molar-refractivity contribution in [2.45, 2.75) is 57.3 Å². The van der Waals surface area contributed by atoms with Crippen molar-refractivity contribution in [1.29, 1.82) is 0 Å². The minimum Gasteiger partial charge on any atom is -0.378 e. The van der Waals surface area contributed by atoms with Crippen molar-refractivity contribution >= 4 is 23.4 Å². The summed E-state index contributed by atoms with van der Waals surface area (Å²) in [6.07, 6.45) is 1.70. The van der Waals surface area contributed by atoms with Gasteiger partial charge in [0.25, 0.3) is 5.91 Å². The van der Waals surface area contributed by atoms with Gasteiger partial charge in [-0.15, -0.1) is 0 Å². The highest BCUT2D eigenvalue weighted by Crippen LogP contribution is 2.26. The molecule has 0 aliphatic carbocycles. The van der Waals surface area contributed by atoms with E-state index in [9.17, 15) is 14.4 Å². The summed E-state index contributed by atoms with van der Waals surface area (Å²) in [5.41, 5.74) is 1.64. The van der Waals surface area contributed by atoms with Crippen LogP contribution in [0.5, 0.6) is 0 Å². The first-order valence-corrected chi connectivity index (χ1v) is 10.7. The Kier molecular flexibility index (Phi) is 6.97. The molecule has 3 amide bonds. The minimum absolute atomic E-state index is 0.00460. The van der Waals surface area contributed by atoms with Gasteiger partial charge in [-0.3, -0.25) is 19.3 Å². The van der Waals surface area contributed by atoms with E-state index in [1.165, 1.54) is 0 Å². The van der Waals surface area contributed by atoms with E-state index in [4.69, 9.17) is 0 Å². The molecule has 2 heterocycles. The average molecular weight is 416 g/mol. The standard InChI is InChI=1S/C22H33N5O3/c1-14(2)24-20(28)10-9-18-12-23-22(30)19-11-16(13-27(18)19)25-21(29)15-5-7-17(8-6-15)26(3)4/h5-8,14,16,18-19H,9-13H2,1-4H3,(H,23,30)(H,24,28)(H,25,29)/t16-,18+,19-/m0/s1. The fraction of sp³-hybridized carbons (Fsp3) is 0.591. The number of amides is 3. The van der Waals surface area contributed by atoms with Gasteiger partial charge in [-0.1, -0.05) is 0 Å². The van der Waals surface area contributed by atoms with Gasteiger partial charge in [-0.05, 0) is 51.0 Å². The number of carbonyl (C=O) groups excluding carboxylic acids is 3. The number of nitrogens with one attached hydrogen (secondary N) is 3. The lowest BCUT2D eigenvalue weighted by Gasteiger charge is -2.37. The first-order valence-electron chi connectivity index (χ1n) is 10.7. The number of nitrogens with zero attached hydrogens (tertiary/aromatic N) is 2. The van der Waals surface area contributed by atoms with Gasteiger partial charge in [0.1, 0.15) is 0 Å². The molecule has 3 atom stereocenters. The number of carbonyl (C=O) groups is 3. The molecule has 0 radical (unpaired) electrons. The number of benzene rings is 1. The zero-order chi connectivity index (χ0) is 21.8. The van der Waals surface area contributed by atoms with Gasteiger partial charge in [0, 0.05) is 63.0 Å². The van der Waals surface area contributed by atoms with Gasteiger partial charge < -0.3 is 20.9 Å². The number of piperazine rings is 1. The first kappa shape index (κ1) is 22.1. The van der Waals surface area contributed by atoms with Crippen LogP contribution in [0.15, 0.2) is 24.3 Å². The summed E-state index contributed by atoms with van der Waals surface area (Å²) in [5, 5.41) is 8.95. The number of hydrogen-bond acceptors (Lipinski definition) is 5. The van der Waals surface area contributed by atoms with Crippen LogP contribution in [-0.4, -0.2) is 74.0 Å². The first-order chi connectivity index (χ1) is 14.2. The van der Waals surface area contributed by atoms with Crippen LogP contribution in [0.3, 0.4) is 0 Å². The maximum Gasteiger partial charge on any atom is 0.251 e. The normalized spacial score (nSPS) is 23.6. The molecule has 3 N–H and O–H groups in total. The van der Waals surface area contributed by atoms with E-state index in [1.54, 1.807) is 0 Å². The van der Waals surface area contributed by atoms with E-state index >= 15 is 0 Å². The Morgan fingerprint density at radius 2 is 1.93 bits per heavy atom. The van der Waals surface area contributed by atoms with Crippen molar-refractivity contribution in [3.63, 3.8) is 0 Å². The van der Waals surface area contributed by atoms with Crippen LogP contribution in [-0.2, 0) is 9.59 Å². The van der Waals surface area contributed by atoms with E-state index < -0.39 is 0 Å². The SMILES string of the molecule is CC(C)NC(=O)CC[C@@H]1CNC(=O)[C@@H]2C[C@H](NC(=O)c3ccc(N(C)C)cc3)CN12. The lowest BCUT2D eigenvalue weighted by molar-refractivity contribution is -0.129. The van der Waals surface area contributed by atoms with E-state index in [0.29, 0.717) is 37.9 Å². The second-order valence-corrected chi connectivity index (χ2v) is 8.72. The van der Waals surface area contributed by atoms with Crippen LogP contribution in [0, 0.1) is 0 Å². The molecule has 2 aliphatic heterocycles. The Balaban J connectivity index is 1.58.